The van der Waals surface area contributed by atoms with Crippen LogP contribution < -0.4 is 5.73 Å². The minimum atomic E-state index is -1.10. The second-order valence-corrected chi connectivity index (χ2v) is 1.99. The predicted octanol–water partition coefficient (Wildman–Crippen LogP) is -1.51. The molecule has 58 valence electrons. The predicted molar refractivity (Wildman–Crippen MR) is 34.3 cm³/mol. The normalized spacial score (nSPS) is 12.2. The van der Waals surface area contributed by atoms with E-state index in [2.05, 4.69) is 0 Å². The minimum absolute atomic E-state index is 0.0405. The first-order valence-corrected chi connectivity index (χ1v) is 2.72. The van der Waals surface area contributed by atoms with Crippen LogP contribution in [0.4, 0.5) is 0 Å². The Labute approximate surface area is 58.4 Å². The van der Waals surface area contributed by atoms with Gasteiger partial charge < -0.3 is 15.7 Å². The Bertz CT molecular complexity index is 137. The molecule has 0 bridgehead atoms. The maximum atomic E-state index is 10.1. The van der Waals surface area contributed by atoms with E-state index in [-0.39, 0.29) is 6.54 Å². The van der Waals surface area contributed by atoms with Crippen LogP contribution in [0.3, 0.4) is 0 Å². The first-order chi connectivity index (χ1) is 4.57. The largest absolute Gasteiger partial charge is 0.480 e. The number of carboxylic acids is 1. The fourth-order valence-corrected chi connectivity index (χ4v) is 0.431. The average Bonchev–Trinajstić information content (AvgIpc) is 1.87. The molecule has 1 atom stereocenters. The molecule has 0 aliphatic carbocycles. The molecule has 3 N–H and O–H groups in total. The highest BCUT2D eigenvalue weighted by Crippen LogP contribution is 1.81. The smallest absolute Gasteiger partial charge is 0.322 e. The van der Waals surface area contributed by atoms with E-state index in [1.807, 2.05) is 0 Å². The van der Waals surface area contributed by atoms with Crippen LogP contribution in [0.2, 0.25) is 0 Å². The summed E-state index contributed by atoms with van der Waals surface area (Å²) in [5.74, 6) is -1.10. The summed E-state index contributed by atoms with van der Waals surface area (Å²) in [6.45, 7) is 0.0405. The molecule has 1 unspecified atom stereocenters. The van der Waals surface area contributed by atoms with Gasteiger partial charge in [0.15, 0.2) is 0 Å². The molecule has 1 amide bonds. The Kier molecular flexibility index (Phi) is 3.42. The standard InChI is InChI=1S/C5H10N2O3/c1-7(3-8)2-4(6)5(9)10/h3-4H,2,6H2,1H3,(H,9,10). The topological polar surface area (TPSA) is 83.6 Å². The highest BCUT2D eigenvalue weighted by atomic mass is 16.4. The molecule has 10 heavy (non-hydrogen) atoms. The highest BCUT2D eigenvalue weighted by Gasteiger charge is 2.12. The van der Waals surface area contributed by atoms with Crippen LogP contribution >= 0.6 is 0 Å². The van der Waals surface area contributed by atoms with Crippen LogP contribution in [0.1, 0.15) is 0 Å². The van der Waals surface area contributed by atoms with E-state index in [1.54, 1.807) is 0 Å². The summed E-state index contributed by atoms with van der Waals surface area (Å²) in [5, 5.41) is 8.26. The van der Waals surface area contributed by atoms with E-state index in [0.29, 0.717) is 6.41 Å². The molecule has 0 aliphatic rings. The number of carboxylic acid groups (broad SMARTS) is 1. The van der Waals surface area contributed by atoms with Crippen molar-refractivity contribution in [3.8, 4) is 0 Å². The lowest BCUT2D eigenvalue weighted by Crippen LogP contribution is -2.40. The zero-order valence-corrected chi connectivity index (χ0v) is 5.65. The van der Waals surface area contributed by atoms with Gasteiger partial charge in [0.2, 0.25) is 6.41 Å². The van der Waals surface area contributed by atoms with Crippen molar-refractivity contribution in [2.75, 3.05) is 13.6 Å². The molecule has 0 spiro atoms. The maximum Gasteiger partial charge on any atom is 0.322 e. The summed E-state index contributed by atoms with van der Waals surface area (Å²) in [5.41, 5.74) is 5.09. The maximum absolute atomic E-state index is 10.1. The van der Waals surface area contributed by atoms with Gasteiger partial charge in [-0.25, -0.2) is 0 Å². The number of amides is 1. The molecule has 5 nitrogen and oxygen atoms in total. The van der Waals surface area contributed by atoms with Crippen molar-refractivity contribution in [1.82, 2.24) is 4.90 Å². The Morgan fingerprint density at radius 2 is 2.40 bits per heavy atom. The molecule has 0 radical (unpaired) electrons. The number of carbonyl (C=O) groups is 2. The second kappa shape index (κ2) is 3.84. The number of likely N-dealkylation sites (N-methyl/N-ethyl adjacent to an activating group) is 1. The van der Waals surface area contributed by atoms with Crippen LogP contribution in [-0.4, -0.2) is 42.0 Å². The number of hydrogen-bond acceptors (Lipinski definition) is 3. The number of nitrogens with two attached hydrogens (primary N) is 1. The van der Waals surface area contributed by atoms with Gasteiger partial charge in [-0.15, -0.1) is 0 Å². The van der Waals surface area contributed by atoms with Crippen molar-refractivity contribution in [3.05, 3.63) is 0 Å². The molecule has 0 saturated carbocycles. The van der Waals surface area contributed by atoms with E-state index in [4.69, 9.17) is 10.8 Å². The van der Waals surface area contributed by atoms with Gasteiger partial charge in [0.1, 0.15) is 6.04 Å². The quantitative estimate of drug-likeness (QED) is 0.472. The molecule has 0 saturated heterocycles. The highest BCUT2D eigenvalue weighted by molar-refractivity contribution is 5.73. The number of nitrogens with zero attached hydrogens (tertiary/aromatic N) is 1. The molecule has 0 fully saturated rings. The Morgan fingerprint density at radius 3 is 2.70 bits per heavy atom. The monoisotopic (exact) mass is 146 g/mol. The van der Waals surface area contributed by atoms with Gasteiger partial charge in [0.05, 0.1) is 0 Å². The molecular weight excluding hydrogens is 136 g/mol. The molecule has 0 aromatic rings. The van der Waals surface area contributed by atoms with Crippen LogP contribution in [0.25, 0.3) is 0 Å². The number of rotatable bonds is 4. The van der Waals surface area contributed by atoms with E-state index < -0.39 is 12.0 Å². The van der Waals surface area contributed by atoms with Crippen molar-refractivity contribution in [1.29, 1.82) is 0 Å². The summed E-state index contributed by atoms with van der Waals surface area (Å²) >= 11 is 0. The lowest BCUT2D eigenvalue weighted by atomic mass is 10.3. The van der Waals surface area contributed by atoms with E-state index in [9.17, 15) is 9.59 Å². The summed E-state index contributed by atoms with van der Waals surface area (Å²) in [6.07, 6.45) is 0.531. The van der Waals surface area contributed by atoms with Crippen molar-refractivity contribution in [2.24, 2.45) is 5.73 Å². The molecule has 0 heterocycles. The van der Waals surface area contributed by atoms with Crippen molar-refractivity contribution in [3.63, 3.8) is 0 Å². The lowest BCUT2D eigenvalue weighted by Gasteiger charge is -2.12. The molecule has 0 aliphatic heterocycles. The minimum Gasteiger partial charge on any atom is -0.480 e. The summed E-state index contributed by atoms with van der Waals surface area (Å²) < 4.78 is 0. The molecule has 0 rings (SSSR count). The van der Waals surface area contributed by atoms with E-state index in [1.165, 1.54) is 11.9 Å². The Morgan fingerprint density at radius 1 is 1.90 bits per heavy atom. The van der Waals surface area contributed by atoms with Crippen LogP contribution in [0.15, 0.2) is 0 Å². The van der Waals surface area contributed by atoms with Gasteiger partial charge >= 0.3 is 5.97 Å². The fourth-order valence-electron chi connectivity index (χ4n) is 0.431. The third kappa shape index (κ3) is 3.03. The first kappa shape index (κ1) is 8.90. The van der Waals surface area contributed by atoms with E-state index in [0.717, 1.165) is 0 Å². The Hall–Kier alpha value is -1.10. The van der Waals surface area contributed by atoms with Crippen LogP contribution in [-0.2, 0) is 9.59 Å². The molecule has 0 aromatic carbocycles. The van der Waals surface area contributed by atoms with Gasteiger partial charge in [-0.1, -0.05) is 0 Å². The Balaban J connectivity index is 3.67. The SMILES string of the molecule is CN(C=O)CC(N)C(=O)O. The van der Waals surface area contributed by atoms with Crippen molar-refractivity contribution < 1.29 is 14.7 Å². The third-order valence-corrected chi connectivity index (χ3v) is 0.982. The average molecular weight is 146 g/mol. The summed E-state index contributed by atoms with van der Waals surface area (Å²) in [6, 6.07) is -0.991. The van der Waals surface area contributed by atoms with Gasteiger partial charge in [0.25, 0.3) is 0 Å². The number of carbonyl (C=O) groups excluding carboxylic acids is 1. The number of hydrogen-bond donors (Lipinski definition) is 2. The zero-order chi connectivity index (χ0) is 8.15. The third-order valence-electron chi connectivity index (χ3n) is 0.982. The molecular formula is C5H10N2O3. The first-order valence-electron chi connectivity index (χ1n) is 2.72. The molecule has 5 heteroatoms. The summed E-state index contributed by atoms with van der Waals surface area (Å²) in [7, 11) is 1.47. The van der Waals surface area contributed by atoms with Crippen LogP contribution in [0.5, 0.6) is 0 Å². The lowest BCUT2D eigenvalue weighted by molar-refractivity contribution is -0.139. The fraction of sp³-hybridized carbons (Fsp3) is 0.600. The van der Waals surface area contributed by atoms with Gasteiger partial charge in [-0.05, 0) is 0 Å². The van der Waals surface area contributed by atoms with Gasteiger partial charge in [-0.2, -0.15) is 0 Å². The second-order valence-electron chi connectivity index (χ2n) is 1.99. The van der Waals surface area contributed by atoms with Crippen molar-refractivity contribution in [2.45, 2.75) is 6.04 Å². The van der Waals surface area contributed by atoms with Crippen LogP contribution in [0, 0.1) is 0 Å². The van der Waals surface area contributed by atoms with Crippen molar-refractivity contribution >= 4 is 12.4 Å². The van der Waals surface area contributed by atoms with Gasteiger partial charge in [0, 0.05) is 13.6 Å². The van der Waals surface area contributed by atoms with E-state index >= 15 is 0 Å². The summed E-state index contributed by atoms with van der Waals surface area (Å²) in [4.78, 5) is 21.2. The molecule has 0 aromatic heterocycles. The zero-order valence-electron chi connectivity index (χ0n) is 5.65. The van der Waals surface area contributed by atoms with Gasteiger partial charge in [-0.3, -0.25) is 9.59 Å². The number of aliphatic carboxylic acids is 1.